The molecule has 4 rings (SSSR count). The summed E-state index contributed by atoms with van der Waals surface area (Å²) < 4.78 is 2.00. The van der Waals surface area contributed by atoms with E-state index in [0.29, 0.717) is 4.88 Å². The van der Waals surface area contributed by atoms with Crippen LogP contribution in [0.5, 0.6) is 0 Å². The Morgan fingerprint density at radius 2 is 1.90 bits per heavy atom. The first-order valence-electron chi connectivity index (χ1n) is 10.2. The van der Waals surface area contributed by atoms with Crippen molar-refractivity contribution in [2.24, 2.45) is 0 Å². The third-order valence-corrected chi connectivity index (χ3v) is 6.27. The van der Waals surface area contributed by atoms with Gasteiger partial charge in [-0.15, -0.1) is 11.3 Å². The highest BCUT2D eigenvalue weighted by atomic mass is 32.1. The molecule has 154 valence electrons. The first kappa shape index (κ1) is 20.3. The Bertz CT molecular complexity index is 1100. The molecule has 3 heterocycles. The highest BCUT2D eigenvalue weighted by molar-refractivity contribution is 7.21. The first-order chi connectivity index (χ1) is 14.7. The van der Waals surface area contributed by atoms with Crippen LogP contribution in [0.3, 0.4) is 0 Å². The number of carbonyl (C=O) groups is 1. The molecule has 1 aromatic carbocycles. The van der Waals surface area contributed by atoms with Crippen LogP contribution in [0, 0.1) is 0 Å². The zero-order chi connectivity index (χ0) is 20.9. The SMILES string of the molecule is CC[C@H](CN(C)Cc1ccccc1)NC(=O)c1sc2ncccc2c1-n1cccc1. The van der Waals surface area contributed by atoms with E-state index in [1.54, 1.807) is 6.20 Å². The standard InChI is InChI=1S/C24H26N4OS/c1-3-19(17-27(2)16-18-10-5-4-6-11-18)26-23(29)22-21(28-14-7-8-15-28)20-12-9-13-25-24(20)30-22/h4-15,19H,3,16-17H2,1-2H3,(H,26,29)/t19-/m1/s1. The maximum atomic E-state index is 13.3. The smallest absolute Gasteiger partial charge is 0.263 e. The summed E-state index contributed by atoms with van der Waals surface area (Å²) in [5.74, 6) is -0.0401. The van der Waals surface area contributed by atoms with Gasteiger partial charge in [-0.3, -0.25) is 4.79 Å². The molecule has 0 bridgehead atoms. The molecule has 0 spiro atoms. The first-order valence-corrected chi connectivity index (χ1v) is 11.0. The normalized spacial score (nSPS) is 12.4. The molecule has 1 amide bonds. The average Bonchev–Trinajstić information content (AvgIpc) is 3.41. The quantitative estimate of drug-likeness (QED) is 0.450. The van der Waals surface area contributed by atoms with Gasteiger partial charge in [-0.25, -0.2) is 4.98 Å². The van der Waals surface area contributed by atoms with Gasteiger partial charge in [0.05, 0.1) is 5.69 Å². The minimum Gasteiger partial charge on any atom is -0.347 e. The molecule has 3 aromatic heterocycles. The van der Waals surface area contributed by atoms with E-state index in [0.717, 1.165) is 35.4 Å². The number of hydrogen-bond donors (Lipinski definition) is 1. The largest absolute Gasteiger partial charge is 0.347 e. The van der Waals surface area contributed by atoms with E-state index in [1.807, 2.05) is 47.3 Å². The zero-order valence-electron chi connectivity index (χ0n) is 17.3. The maximum absolute atomic E-state index is 13.3. The van der Waals surface area contributed by atoms with Gasteiger partial charge in [-0.2, -0.15) is 0 Å². The van der Waals surface area contributed by atoms with Crippen LogP contribution in [0.4, 0.5) is 0 Å². The fourth-order valence-corrected chi connectivity index (χ4v) is 4.72. The number of hydrogen-bond acceptors (Lipinski definition) is 4. The third kappa shape index (κ3) is 4.45. The van der Waals surface area contributed by atoms with Crippen molar-refractivity contribution in [3.05, 3.63) is 83.6 Å². The lowest BCUT2D eigenvalue weighted by Gasteiger charge is -2.24. The second-order valence-electron chi connectivity index (χ2n) is 7.49. The molecular formula is C24H26N4OS. The number of likely N-dealkylation sites (N-methyl/N-ethyl adjacent to an activating group) is 1. The van der Waals surface area contributed by atoms with Gasteiger partial charge in [0.25, 0.3) is 5.91 Å². The summed E-state index contributed by atoms with van der Waals surface area (Å²) in [7, 11) is 2.09. The maximum Gasteiger partial charge on any atom is 0.263 e. The van der Waals surface area contributed by atoms with E-state index >= 15 is 0 Å². The van der Waals surface area contributed by atoms with E-state index < -0.39 is 0 Å². The van der Waals surface area contributed by atoms with Gasteiger partial charge in [0, 0.05) is 43.1 Å². The van der Waals surface area contributed by atoms with Crippen LogP contribution < -0.4 is 5.32 Å². The van der Waals surface area contributed by atoms with E-state index in [-0.39, 0.29) is 11.9 Å². The molecule has 1 atom stereocenters. The van der Waals surface area contributed by atoms with Crippen molar-refractivity contribution >= 4 is 27.5 Å². The van der Waals surface area contributed by atoms with Gasteiger partial charge in [0.15, 0.2) is 0 Å². The number of pyridine rings is 1. The molecule has 0 aliphatic rings. The minimum atomic E-state index is -0.0401. The zero-order valence-corrected chi connectivity index (χ0v) is 18.1. The van der Waals surface area contributed by atoms with Crippen molar-refractivity contribution in [3.63, 3.8) is 0 Å². The summed E-state index contributed by atoms with van der Waals surface area (Å²) in [5.41, 5.74) is 2.17. The van der Waals surface area contributed by atoms with Crippen LogP contribution in [0.15, 0.2) is 73.2 Å². The highest BCUT2D eigenvalue weighted by Crippen LogP contribution is 2.33. The van der Waals surface area contributed by atoms with Crippen LogP contribution in [0.2, 0.25) is 0 Å². The Balaban J connectivity index is 1.52. The number of amides is 1. The second kappa shape index (κ2) is 9.24. The summed E-state index contributed by atoms with van der Waals surface area (Å²) in [6.45, 7) is 3.76. The molecule has 0 fully saturated rings. The van der Waals surface area contributed by atoms with Crippen LogP contribution in [-0.4, -0.2) is 40.0 Å². The molecular weight excluding hydrogens is 392 g/mol. The number of rotatable bonds is 8. The Kier molecular flexibility index (Phi) is 6.26. The van der Waals surface area contributed by atoms with Gasteiger partial charge in [0.2, 0.25) is 0 Å². The van der Waals surface area contributed by atoms with Crippen LogP contribution in [-0.2, 0) is 6.54 Å². The average molecular weight is 419 g/mol. The van der Waals surface area contributed by atoms with Gasteiger partial charge in [0.1, 0.15) is 9.71 Å². The lowest BCUT2D eigenvalue weighted by molar-refractivity contribution is 0.0930. The molecule has 5 nitrogen and oxygen atoms in total. The van der Waals surface area contributed by atoms with Gasteiger partial charge in [-0.05, 0) is 43.3 Å². The Morgan fingerprint density at radius 1 is 1.13 bits per heavy atom. The van der Waals surface area contributed by atoms with Crippen molar-refractivity contribution in [3.8, 4) is 5.69 Å². The number of benzene rings is 1. The second-order valence-corrected chi connectivity index (χ2v) is 8.49. The van der Waals surface area contributed by atoms with E-state index in [9.17, 15) is 4.79 Å². The predicted octanol–water partition coefficient (Wildman–Crippen LogP) is 4.73. The fourth-order valence-electron chi connectivity index (χ4n) is 3.68. The number of nitrogens with one attached hydrogen (secondary N) is 1. The van der Waals surface area contributed by atoms with Crippen molar-refractivity contribution in [2.45, 2.75) is 25.9 Å². The highest BCUT2D eigenvalue weighted by Gasteiger charge is 2.22. The predicted molar refractivity (Wildman–Crippen MR) is 123 cm³/mol. The Labute approximate surface area is 181 Å². The molecule has 1 N–H and O–H groups in total. The summed E-state index contributed by atoms with van der Waals surface area (Å²) in [6, 6.07) is 18.3. The molecule has 0 saturated heterocycles. The number of nitrogens with zero attached hydrogens (tertiary/aromatic N) is 3. The summed E-state index contributed by atoms with van der Waals surface area (Å²) >= 11 is 1.45. The van der Waals surface area contributed by atoms with Crippen LogP contribution in [0.1, 0.15) is 28.6 Å². The molecule has 6 heteroatoms. The molecule has 0 radical (unpaired) electrons. The number of fused-ring (bicyclic) bond motifs is 1. The summed E-state index contributed by atoms with van der Waals surface area (Å²) in [6.07, 6.45) is 6.58. The fraction of sp³-hybridized carbons (Fsp3) is 0.250. The Morgan fingerprint density at radius 3 is 2.63 bits per heavy atom. The van der Waals surface area contributed by atoms with E-state index in [2.05, 4.69) is 53.4 Å². The van der Waals surface area contributed by atoms with E-state index in [1.165, 1.54) is 16.9 Å². The molecule has 0 unspecified atom stereocenters. The lowest BCUT2D eigenvalue weighted by atomic mass is 10.1. The van der Waals surface area contributed by atoms with Gasteiger partial charge < -0.3 is 14.8 Å². The van der Waals surface area contributed by atoms with Crippen molar-refractivity contribution in [2.75, 3.05) is 13.6 Å². The molecule has 30 heavy (non-hydrogen) atoms. The van der Waals surface area contributed by atoms with E-state index in [4.69, 9.17) is 0 Å². The minimum absolute atomic E-state index is 0.0401. The third-order valence-electron chi connectivity index (χ3n) is 5.16. The van der Waals surface area contributed by atoms with Crippen LogP contribution >= 0.6 is 11.3 Å². The topological polar surface area (TPSA) is 50.2 Å². The molecule has 4 aromatic rings. The summed E-state index contributed by atoms with van der Waals surface area (Å²) in [5, 5.41) is 4.25. The molecule has 0 aliphatic carbocycles. The van der Waals surface area contributed by atoms with Crippen LogP contribution in [0.25, 0.3) is 15.9 Å². The monoisotopic (exact) mass is 418 g/mol. The molecule has 0 saturated carbocycles. The Hall–Kier alpha value is -2.96. The summed E-state index contributed by atoms with van der Waals surface area (Å²) in [4.78, 5) is 21.6. The number of aromatic nitrogens is 2. The molecule has 0 aliphatic heterocycles. The number of carbonyl (C=O) groups excluding carboxylic acids is 1. The van der Waals surface area contributed by atoms with Gasteiger partial charge in [-0.1, -0.05) is 37.3 Å². The van der Waals surface area contributed by atoms with Gasteiger partial charge >= 0.3 is 0 Å². The number of thiophene rings is 1. The van der Waals surface area contributed by atoms with Crippen molar-refractivity contribution in [1.82, 2.24) is 19.8 Å². The lowest BCUT2D eigenvalue weighted by Crippen LogP contribution is -2.42. The van der Waals surface area contributed by atoms with Crippen molar-refractivity contribution < 1.29 is 4.79 Å². The van der Waals surface area contributed by atoms with Crippen molar-refractivity contribution in [1.29, 1.82) is 0 Å².